The summed E-state index contributed by atoms with van der Waals surface area (Å²) in [6.45, 7) is 0. The molecule has 1 unspecified atom stereocenters. The van der Waals surface area contributed by atoms with Gasteiger partial charge in [0.2, 0.25) is 0 Å². The maximum atomic E-state index is 4.76. The molecular formula is C16H18N4S. The number of aryl methyl sites for hydroxylation is 1. The smallest absolute Gasteiger partial charge is 0.0952 e. The second-order valence-corrected chi connectivity index (χ2v) is 5.91. The minimum Gasteiger partial charge on any atom is -0.336 e. The maximum absolute atomic E-state index is 4.76. The second-order valence-electron chi connectivity index (χ2n) is 4.97. The number of rotatable bonds is 5. The summed E-state index contributed by atoms with van der Waals surface area (Å²) in [7, 11) is 3.99. The van der Waals surface area contributed by atoms with Crippen LogP contribution < -0.4 is 5.32 Å². The van der Waals surface area contributed by atoms with Crippen molar-refractivity contribution < 1.29 is 0 Å². The van der Waals surface area contributed by atoms with Crippen LogP contribution in [0, 0.1) is 0 Å². The number of hydrogen-bond acceptors (Lipinski definition) is 4. The van der Waals surface area contributed by atoms with Crippen molar-refractivity contribution in [1.82, 2.24) is 19.9 Å². The molecule has 1 N–H and O–H groups in total. The Bertz CT molecular complexity index is 702. The first-order valence-corrected chi connectivity index (χ1v) is 7.79. The van der Waals surface area contributed by atoms with Crippen molar-refractivity contribution in [3.63, 3.8) is 0 Å². The van der Waals surface area contributed by atoms with Crippen LogP contribution in [0.3, 0.4) is 0 Å². The standard InChI is InChI=1S/C16H18N4S/c1-17-13(15-9-18-11-20(15)2)8-16-19-14(10-21-16)12-6-4-3-5-7-12/h3-7,9-11,13,17H,8H2,1-2H3. The van der Waals surface area contributed by atoms with Crippen LogP contribution in [-0.2, 0) is 13.5 Å². The summed E-state index contributed by atoms with van der Waals surface area (Å²) in [5, 5.41) is 6.61. The van der Waals surface area contributed by atoms with Gasteiger partial charge in [-0.15, -0.1) is 11.3 Å². The number of likely N-dealkylation sites (N-methyl/N-ethyl adjacent to an activating group) is 1. The zero-order valence-corrected chi connectivity index (χ0v) is 13.0. The molecule has 4 nitrogen and oxygen atoms in total. The van der Waals surface area contributed by atoms with Gasteiger partial charge in [-0.3, -0.25) is 0 Å². The maximum Gasteiger partial charge on any atom is 0.0952 e. The van der Waals surface area contributed by atoms with E-state index in [-0.39, 0.29) is 6.04 Å². The van der Waals surface area contributed by atoms with E-state index in [2.05, 4.69) is 27.8 Å². The first-order chi connectivity index (χ1) is 10.3. The topological polar surface area (TPSA) is 42.7 Å². The molecule has 0 aliphatic heterocycles. The Kier molecular flexibility index (Phi) is 4.13. The van der Waals surface area contributed by atoms with Crippen LogP contribution in [0.5, 0.6) is 0 Å². The van der Waals surface area contributed by atoms with Gasteiger partial charge in [0.25, 0.3) is 0 Å². The number of hydrogen-bond donors (Lipinski definition) is 1. The van der Waals surface area contributed by atoms with Crippen LogP contribution in [0.25, 0.3) is 11.3 Å². The lowest BCUT2D eigenvalue weighted by atomic mass is 10.1. The molecule has 5 heteroatoms. The first-order valence-electron chi connectivity index (χ1n) is 6.91. The molecule has 2 heterocycles. The fourth-order valence-corrected chi connectivity index (χ4v) is 3.23. The van der Waals surface area contributed by atoms with Gasteiger partial charge >= 0.3 is 0 Å². The molecule has 3 rings (SSSR count). The normalized spacial score (nSPS) is 12.5. The lowest BCUT2D eigenvalue weighted by Crippen LogP contribution is -2.21. The predicted molar refractivity (Wildman–Crippen MR) is 86.3 cm³/mol. The lowest BCUT2D eigenvalue weighted by molar-refractivity contribution is 0.554. The molecule has 0 radical (unpaired) electrons. The van der Waals surface area contributed by atoms with E-state index in [1.807, 2.05) is 49.4 Å². The molecule has 0 bridgehead atoms. The zero-order valence-electron chi connectivity index (χ0n) is 12.2. The highest BCUT2D eigenvalue weighted by molar-refractivity contribution is 7.09. The molecule has 0 aliphatic carbocycles. The van der Waals surface area contributed by atoms with Gasteiger partial charge in [0.1, 0.15) is 0 Å². The van der Waals surface area contributed by atoms with E-state index in [1.54, 1.807) is 11.3 Å². The number of imidazole rings is 1. The Labute approximate surface area is 128 Å². The van der Waals surface area contributed by atoms with E-state index < -0.39 is 0 Å². The summed E-state index contributed by atoms with van der Waals surface area (Å²) in [6.07, 6.45) is 4.61. The quantitative estimate of drug-likeness (QED) is 0.787. The summed E-state index contributed by atoms with van der Waals surface area (Å²) in [4.78, 5) is 8.95. The summed E-state index contributed by atoms with van der Waals surface area (Å²) < 4.78 is 2.05. The molecule has 0 saturated carbocycles. The van der Waals surface area contributed by atoms with Crippen LogP contribution in [0.1, 0.15) is 16.7 Å². The SMILES string of the molecule is CNC(Cc1nc(-c2ccccc2)cs1)c1cncn1C. The summed E-state index contributed by atoms with van der Waals surface area (Å²) in [6, 6.07) is 10.5. The highest BCUT2D eigenvalue weighted by Crippen LogP contribution is 2.25. The van der Waals surface area contributed by atoms with Crippen LogP contribution in [0.15, 0.2) is 48.2 Å². The van der Waals surface area contributed by atoms with Gasteiger partial charge in [0.05, 0.1) is 28.8 Å². The average molecular weight is 298 g/mol. The third kappa shape index (κ3) is 3.04. The highest BCUT2D eigenvalue weighted by atomic mass is 32.1. The summed E-state index contributed by atoms with van der Waals surface area (Å²) in [5.74, 6) is 0. The minimum absolute atomic E-state index is 0.229. The van der Waals surface area contributed by atoms with E-state index in [0.29, 0.717) is 0 Å². The molecule has 1 atom stereocenters. The van der Waals surface area contributed by atoms with Gasteiger partial charge in [-0.1, -0.05) is 30.3 Å². The molecule has 0 spiro atoms. The van der Waals surface area contributed by atoms with Crippen molar-refractivity contribution in [3.05, 3.63) is 58.9 Å². The van der Waals surface area contributed by atoms with Crippen LogP contribution in [0.2, 0.25) is 0 Å². The number of nitrogens with zero attached hydrogens (tertiary/aromatic N) is 3. The van der Waals surface area contributed by atoms with Crippen molar-refractivity contribution in [1.29, 1.82) is 0 Å². The van der Waals surface area contributed by atoms with E-state index in [4.69, 9.17) is 4.98 Å². The Morgan fingerprint density at radius 1 is 1.29 bits per heavy atom. The molecule has 0 aliphatic rings. The van der Waals surface area contributed by atoms with E-state index in [1.165, 1.54) is 11.3 Å². The highest BCUT2D eigenvalue weighted by Gasteiger charge is 2.15. The largest absolute Gasteiger partial charge is 0.336 e. The van der Waals surface area contributed by atoms with Gasteiger partial charge in [0.15, 0.2) is 0 Å². The molecule has 21 heavy (non-hydrogen) atoms. The van der Waals surface area contributed by atoms with Gasteiger partial charge in [-0.25, -0.2) is 9.97 Å². The zero-order chi connectivity index (χ0) is 14.7. The van der Waals surface area contributed by atoms with E-state index in [9.17, 15) is 0 Å². The fourth-order valence-electron chi connectivity index (χ4n) is 2.38. The van der Waals surface area contributed by atoms with Crippen molar-refractivity contribution in [3.8, 4) is 11.3 Å². The third-order valence-corrected chi connectivity index (χ3v) is 4.43. The van der Waals surface area contributed by atoms with Gasteiger partial charge in [-0.2, -0.15) is 0 Å². The third-order valence-electron chi connectivity index (χ3n) is 3.56. The number of aromatic nitrogens is 3. The van der Waals surface area contributed by atoms with Crippen molar-refractivity contribution >= 4 is 11.3 Å². The van der Waals surface area contributed by atoms with Crippen LogP contribution in [-0.4, -0.2) is 21.6 Å². The Morgan fingerprint density at radius 3 is 2.76 bits per heavy atom. The number of thiazole rings is 1. The Hall–Kier alpha value is -1.98. The molecule has 0 saturated heterocycles. The molecule has 1 aromatic carbocycles. The Morgan fingerprint density at radius 2 is 2.10 bits per heavy atom. The van der Waals surface area contributed by atoms with Gasteiger partial charge in [0, 0.05) is 30.6 Å². The first kappa shape index (κ1) is 14.0. The van der Waals surface area contributed by atoms with Gasteiger partial charge < -0.3 is 9.88 Å². The lowest BCUT2D eigenvalue weighted by Gasteiger charge is -2.15. The molecular weight excluding hydrogens is 280 g/mol. The minimum atomic E-state index is 0.229. The summed E-state index contributed by atoms with van der Waals surface area (Å²) in [5.41, 5.74) is 3.39. The Balaban J connectivity index is 1.79. The average Bonchev–Trinajstić information content (AvgIpc) is 3.15. The summed E-state index contributed by atoms with van der Waals surface area (Å²) >= 11 is 1.71. The molecule has 0 fully saturated rings. The number of benzene rings is 1. The van der Waals surface area contributed by atoms with Crippen LogP contribution in [0.4, 0.5) is 0 Å². The molecule has 0 amide bonds. The van der Waals surface area contributed by atoms with Crippen molar-refractivity contribution in [2.75, 3.05) is 7.05 Å². The van der Waals surface area contributed by atoms with Crippen molar-refractivity contribution in [2.24, 2.45) is 7.05 Å². The fraction of sp³-hybridized carbons (Fsp3) is 0.250. The molecule has 2 aromatic heterocycles. The monoisotopic (exact) mass is 298 g/mol. The molecule has 108 valence electrons. The van der Waals surface area contributed by atoms with Gasteiger partial charge in [-0.05, 0) is 7.05 Å². The van der Waals surface area contributed by atoms with Crippen molar-refractivity contribution in [2.45, 2.75) is 12.5 Å². The second kappa shape index (κ2) is 6.20. The predicted octanol–water partition coefficient (Wildman–Crippen LogP) is 3.05. The number of nitrogens with one attached hydrogen (secondary N) is 1. The molecule has 3 aromatic rings. The van der Waals surface area contributed by atoms with E-state index >= 15 is 0 Å². The van der Waals surface area contributed by atoms with E-state index in [0.717, 1.165) is 17.1 Å². The van der Waals surface area contributed by atoms with Crippen LogP contribution >= 0.6 is 11.3 Å².